The van der Waals surface area contributed by atoms with E-state index >= 15 is 0 Å². The summed E-state index contributed by atoms with van der Waals surface area (Å²) >= 11 is 1.62. The van der Waals surface area contributed by atoms with Gasteiger partial charge in [-0.1, -0.05) is 0 Å². The molecule has 3 rings (SSSR count). The molecule has 1 aromatic rings. The summed E-state index contributed by atoms with van der Waals surface area (Å²) in [7, 11) is 0. The van der Waals surface area contributed by atoms with Crippen molar-refractivity contribution in [2.24, 2.45) is 0 Å². The van der Waals surface area contributed by atoms with E-state index in [1.807, 2.05) is 11.0 Å². The molecular formula is C14H21N3OS. The maximum Gasteiger partial charge on any atom is 0.264 e. The second-order valence-corrected chi connectivity index (χ2v) is 6.75. The number of nitrogens with one attached hydrogen (secondary N) is 1. The maximum atomic E-state index is 12.4. The Kier molecular flexibility index (Phi) is 3.60. The summed E-state index contributed by atoms with van der Waals surface area (Å²) in [5.74, 6) is 0.215. The van der Waals surface area contributed by atoms with Gasteiger partial charge in [0.15, 0.2) is 0 Å². The Hall–Kier alpha value is -0.910. The van der Waals surface area contributed by atoms with Crippen molar-refractivity contribution in [1.29, 1.82) is 0 Å². The summed E-state index contributed by atoms with van der Waals surface area (Å²) < 4.78 is 0. The van der Waals surface area contributed by atoms with E-state index in [2.05, 4.69) is 24.1 Å². The van der Waals surface area contributed by atoms with Gasteiger partial charge in [-0.25, -0.2) is 0 Å². The molecule has 0 aliphatic carbocycles. The number of carbonyl (C=O) groups is 1. The lowest BCUT2D eigenvalue weighted by molar-refractivity contribution is 0.0506. The fourth-order valence-corrected chi connectivity index (χ4v) is 3.66. The van der Waals surface area contributed by atoms with Crippen molar-refractivity contribution in [2.75, 3.05) is 39.3 Å². The largest absolute Gasteiger partial charge is 0.335 e. The second-order valence-electron chi connectivity index (χ2n) is 5.49. The van der Waals surface area contributed by atoms with Gasteiger partial charge in [-0.2, -0.15) is 0 Å². The lowest BCUT2D eigenvalue weighted by Gasteiger charge is -2.43. The first-order valence-electron chi connectivity index (χ1n) is 6.96. The molecule has 0 bridgehead atoms. The van der Waals surface area contributed by atoms with Crippen LogP contribution >= 0.6 is 11.3 Å². The molecule has 5 heteroatoms. The quantitative estimate of drug-likeness (QED) is 0.880. The van der Waals surface area contributed by atoms with Gasteiger partial charge >= 0.3 is 0 Å². The predicted molar refractivity (Wildman–Crippen MR) is 77.9 cm³/mol. The fourth-order valence-electron chi connectivity index (χ4n) is 2.66. The van der Waals surface area contributed by atoms with E-state index < -0.39 is 0 Å². The molecule has 19 heavy (non-hydrogen) atoms. The van der Waals surface area contributed by atoms with Crippen LogP contribution in [0.25, 0.3) is 0 Å². The molecule has 4 nitrogen and oxygen atoms in total. The van der Waals surface area contributed by atoms with Gasteiger partial charge in [0.05, 0.1) is 4.88 Å². The molecule has 0 saturated carbocycles. The highest BCUT2D eigenvalue weighted by Gasteiger charge is 2.29. The second kappa shape index (κ2) is 5.23. The third-order valence-electron chi connectivity index (χ3n) is 4.25. The number of thiophene rings is 1. The molecule has 0 radical (unpaired) electrons. The first kappa shape index (κ1) is 13.1. The summed E-state index contributed by atoms with van der Waals surface area (Å²) in [6, 6.07) is 2.73. The van der Waals surface area contributed by atoms with Crippen LogP contribution in [0.1, 0.15) is 20.1 Å². The highest BCUT2D eigenvalue weighted by atomic mass is 32.1. The number of hydrogen-bond donors (Lipinski definition) is 1. The zero-order valence-corrected chi connectivity index (χ0v) is 12.4. The zero-order chi connectivity index (χ0) is 13.4. The summed E-state index contributed by atoms with van der Waals surface area (Å²) in [4.78, 5) is 19.1. The monoisotopic (exact) mass is 279 g/mol. The van der Waals surface area contributed by atoms with Gasteiger partial charge in [-0.3, -0.25) is 9.69 Å². The Labute approximate surface area is 118 Å². The molecule has 104 valence electrons. The predicted octanol–water partition coefficient (Wildman–Crippen LogP) is 1.09. The average Bonchev–Trinajstić information content (AvgIpc) is 2.68. The van der Waals surface area contributed by atoms with Gasteiger partial charge in [0.25, 0.3) is 5.91 Å². The molecule has 3 heterocycles. The lowest BCUT2D eigenvalue weighted by atomic mass is 10.1. The third-order valence-corrected chi connectivity index (χ3v) is 5.40. The molecular weight excluding hydrogens is 258 g/mol. The number of hydrogen-bond acceptors (Lipinski definition) is 4. The van der Waals surface area contributed by atoms with Crippen LogP contribution in [0.15, 0.2) is 6.07 Å². The smallest absolute Gasteiger partial charge is 0.264 e. The SMILES string of the molecule is Cc1cc(C(=O)N2CCN(C3CNC3)CC2)sc1C. The summed E-state index contributed by atoms with van der Waals surface area (Å²) in [6.07, 6.45) is 0. The van der Waals surface area contributed by atoms with Crippen LogP contribution in [-0.4, -0.2) is 61.0 Å². The van der Waals surface area contributed by atoms with Gasteiger partial charge in [0.1, 0.15) is 0 Å². The summed E-state index contributed by atoms with van der Waals surface area (Å²) in [6.45, 7) is 10.1. The van der Waals surface area contributed by atoms with E-state index in [-0.39, 0.29) is 5.91 Å². The summed E-state index contributed by atoms with van der Waals surface area (Å²) in [5, 5.41) is 3.31. The topological polar surface area (TPSA) is 35.6 Å². The highest BCUT2D eigenvalue weighted by Crippen LogP contribution is 2.22. The first-order chi connectivity index (χ1) is 9.15. The Bertz CT molecular complexity index is 454. The third kappa shape index (κ3) is 2.55. The normalized spacial score (nSPS) is 21.5. The standard InChI is InChI=1S/C14H21N3OS/c1-10-7-13(19-11(10)2)14(18)17-5-3-16(4-6-17)12-8-15-9-12/h7,12,15H,3-6,8-9H2,1-2H3. The molecule has 2 aliphatic rings. The van der Waals surface area contributed by atoms with Gasteiger partial charge in [0, 0.05) is 50.2 Å². The molecule has 0 atom stereocenters. The maximum absolute atomic E-state index is 12.4. The number of piperazine rings is 1. The van der Waals surface area contributed by atoms with Gasteiger partial charge in [-0.05, 0) is 25.5 Å². The van der Waals surface area contributed by atoms with E-state index in [1.165, 1.54) is 10.4 Å². The molecule has 0 spiro atoms. The molecule has 2 fully saturated rings. The molecule has 2 aliphatic heterocycles. The van der Waals surface area contributed by atoms with E-state index in [4.69, 9.17) is 0 Å². The molecule has 0 aromatic carbocycles. The number of carbonyl (C=O) groups excluding carboxylic acids is 1. The van der Waals surface area contributed by atoms with Crippen LogP contribution in [0, 0.1) is 13.8 Å². The minimum Gasteiger partial charge on any atom is -0.335 e. The van der Waals surface area contributed by atoms with E-state index in [0.29, 0.717) is 6.04 Å². The Balaban J connectivity index is 1.59. The van der Waals surface area contributed by atoms with Gasteiger partial charge < -0.3 is 10.2 Å². The Morgan fingerprint density at radius 3 is 2.42 bits per heavy atom. The Morgan fingerprint density at radius 2 is 1.95 bits per heavy atom. The van der Waals surface area contributed by atoms with Gasteiger partial charge in [-0.15, -0.1) is 11.3 Å². The minimum atomic E-state index is 0.215. The average molecular weight is 279 g/mol. The van der Waals surface area contributed by atoms with Crippen LogP contribution in [0.3, 0.4) is 0 Å². The van der Waals surface area contributed by atoms with Crippen LogP contribution in [-0.2, 0) is 0 Å². The van der Waals surface area contributed by atoms with Gasteiger partial charge in [0.2, 0.25) is 0 Å². The molecule has 1 N–H and O–H groups in total. The number of amides is 1. The molecule has 1 amide bonds. The number of aryl methyl sites for hydroxylation is 2. The van der Waals surface area contributed by atoms with Crippen LogP contribution < -0.4 is 5.32 Å². The Morgan fingerprint density at radius 1 is 1.26 bits per heavy atom. The number of nitrogens with zero attached hydrogens (tertiary/aromatic N) is 2. The van der Waals surface area contributed by atoms with Crippen molar-refractivity contribution < 1.29 is 4.79 Å². The summed E-state index contributed by atoms with van der Waals surface area (Å²) in [5.41, 5.74) is 1.23. The van der Waals surface area contributed by atoms with Crippen molar-refractivity contribution in [1.82, 2.24) is 15.1 Å². The zero-order valence-electron chi connectivity index (χ0n) is 11.6. The fraction of sp³-hybridized carbons (Fsp3) is 0.643. The van der Waals surface area contributed by atoms with E-state index in [0.717, 1.165) is 44.1 Å². The number of rotatable bonds is 2. The molecule has 1 aromatic heterocycles. The van der Waals surface area contributed by atoms with Crippen LogP contribution in [0.5, 0.6) is 0 Å². The molecule has 0 unspecified atom stereocenters. The lowest BCUT2D eigenvalue weighted by Crippen LogP contribution is -2.62. The van der Waals surface area contributed by atoms with Crippen molar-refractivity contribution >= 4 is 17.2 Å². The van der Waals surface area contributed by atoms with Crippen LogP contribution in [0.4, 0.5) is 0 Å². The van der Waals surface area contributed by atoms with Crippen molar-refractivity contribution in [3.05, 3.63) is 21.4 Å². The van der Waals surface area contributed by atoms with Crippen LogP contribution in [0.2, 0.25) is 0 Å². The first-order valence-corrected chi connectivity index (χ1v) is 7.78. The molecule has 2 saturated heterocycles. The van der Waals surface area contributed by atoms with Crippen molar-refractivity contribution in [3.63, 3.8) is 0 Å². The van der Waals surface area contributed by atoms with E-state index in [9.17, 15) is 4.79 Å². The van der Waals surface area contributed by atoms with Crippen molar-refractivity contribution in [3.8, 4) is 0 Å². The van der Waals surface area contributed by atoms with Crippen molar-refractivity contribution in [2.45, 2.75) is 19.9 Å². The van der Waals surface area contributed by atoms with E-state index in [1.54, 1.807) is 11.3 Å². The highest BCUT2D eigenvalue weighted by molar-refractivity contribution is 7.14. The minimum absolute atomic E-state index is 0.215.